The first kappa shape index (κ1) is 17.7. The molecule has 0 bridgehead atoms. The van der Waals surface area contributed by atoms with Gasteiger partial charge in [-0.2, -0.15) is 0 Å². The number of sulfone groups is 1. The van der Waals surface area contributed by atoms with Crippen molar-refractivity contribution in [3.63, 3.8) is 0 Å². The van der Waals surface area contributed by atoms with Gasteiger partial charge in [0.15, 0.2) is 9.84 Å². The van der Waals surface area contributed by atoms with Gasteiger partial charge in [-0.1, -0.05) is 19.9 Å². The highest BCUT2D eigenvalue weighted by molar-refractivity contribution is 7.90. The molecule has 2 N–H and O–H groups in total. The number of carbonyl (C=O) groups excluding carboxylic acids is 1. The topological polar surface area (TPSA) is 83.5 Å². The molecular weight excluding hydrogens is 290 g/mol. The molecule has 0 aliphatic carbocycles. The first-order valence-electron chi connectivity index (χ1n) is 6.76. The summed E-state index contributed by atoms with van der Waals surface area (Å²) in [6.45, 7) is 6.13. The fourth-order valence-electron chi connectivity index (χ4n) is 1.88. The van der Waals surface area contributed by atoms with Crippen LogP contribution in [0.1, 0.15) is 36.2 Å². The van der Waals surface area contributed by atoms with Crippen LogP contribution in [0.25, 0.3) is 0 Å². The van der Waals surface area contributed by atoms with E-state index in [0.717, 1.165) is 11.8 Å². The molecule has 1 aromatic rings. The summed E-state index contributed by atoms with van der Waals surface area (Å²) in [4.78, 5) is 12.4. The summed E-state index contributed by atoms with van der Waals surface area (Å²) < 4.78 is 23.1. The van der Waals surface area contributed by atoms with Gasteiger partial charge in [-0.15, -0.1) is 0 Å². The molecule has 0 aliphatic rings. The van der Waals surface area contributed by atoms with Gasteiger partial charge in [-0.3, -0.25) is 4.79 Å². The van der Waals surface area contributed by atoms with Gasteiger partial charge in [0.2, 0.25) is 0 Å². The summed E-state index contributed by atoms with van der Waals surface area (Å²) >= 11 is 0. The number of carbonyl (C=O) groups is 1. The number of benzene rings is 1. The molecule has 0 saturated heterocycles. The quantitative estimate of drug-likeness (QED) is 0.834. The number of aryl methyl sites for hydroxylation is 1. The van der Waals surface area contributed by atoms with E-state index in [2.05, 4.69) is 5.32 Å². The third-order valence-electron chi connectivity index (χ3n) is 3.40. The highest BCUT2D eigenvalue weighted by Gasteiger charge is 2.20. The molecule has 6 heteroatoms. The Bertz CT molecular complexity index is 621. The molecule has 0 heterocycles. The fourth-order valence-corrected chi connectivity index (χ4v) is 2.53. The number of amides is 1. The molecule has 118 valence electrons. The van der Waals surface area contributed by atoms with E-state index in [-0.39, 0.29) is 22.8 Å². The molecule has 0 aromatic heterocycles. The van der Waals surface area contributed by atoms with Gasteiger partial charge in [0.05, 0.1) is 4.90 Å². The minimum Gasteiger partial charge on any atom is -0.396 e. The molecule has 0 spiro atoms. The Hall–Kier alpha value is -1.40. The first-order chi connectivity index (χ1) is 9.57. The number of hydrogen-bond donors (Lipinski definition) is 2. The van der Waals surface area contributed by atoms with Crippen LogP contribution in [0.3, 0.4) is 0 Å². The number of nitrogens with one attached hydrogen (secondary N) is 1. The zero-order valence-corrected chi connectivity index (χ0v) is 13.8. The van der Waals surface area contributed by atoms with Crippen molar-refractivity contribution in [2.75, 3.05) is 19.4 Å². The lowest BCUT2D eigenvalue weighted by molar-refractivity contribution is 0.0927. The Labute approximate surface area is 126 Å². The van der Waals surface area contributed by atoms with Gasteiger partial charge in [0.25, 0.3) is 5.91 Å². The second kappa shape index (κ2) is 6.58. The van der Waals surface area contributed by atoms with Crippen molar-refractivity contribution in [2.45, 2.75) is 32.1 Å². The van der Waals surface area contributed by atoms with Gasteiger partial charge in [0.1, 0.15) is 0 Å². The summed E-state index contributed by atoms with van der Waals surface area (Å²) in [5, 5.41) is 11.8. The second-order valence-corrected chi connectivity index (χ2v) is 8.09. The van der Waals surface area contributed by atoms with Gasteiger partial charge in [-0.25, -0.2) is 8.42 Å². The van der Waals surface area contributed by atoms with E-state index in [1.54, 1.807) is 13.0 Å². The molecule has 21 heavy (non-hydrogen) atoms. The summed E-state index contributed by atoms with van der Waals surface area (Å²) in [5.74, 6) is -0.302. The van der Waals surface area contributed by atoms with Gasteiger partial charge < -0.3 is 10.4 Å². The van der Waals surface area contributed by atoms with E-state index in [4.69, 9.17) is 5.11 Å². The number of rotatable bonds is 6. The van der Waals surface area contributed by atoms with Crippen LogP contribution in [0.4, 0.5) is 0 Å². The normalized spacial score (nSPS) is 12.2. The molecule has 0 aliphatic heterocycles. The molecule has 1 rings (SSSR count). The average molecular weight is 313 g/mol. The molecule has 0 atom stereocenters. The summed E-state index contributed by atoms with van der Waals surface area (Å²) in [5.41, 5.74) is 0.866. The summed E-state index contributed by atoms with van der Waals surface area (Å²) in [6, 6.07) is 4.53. The Kier molecular flexibility index (Phi) is 5.53. The van der Waals surface area contributed by atoms with Gasteiger partial charge in [0, 0.05) is 25.0 Å². The lowest BCUT2D eigenvalue weighted by Gasteiger charge is -2.24. The Balaban J connectivity index is 2.93. The van der Waals surface area contributed by atoms with Gasteiger partial charge >= 0.3 is 0 Å². The molecule has 1 amide bonds. The molecule has 0 radical (unpaired) electrons. The van der Waals surface area contributed by atoms with Crippen molar-refractivity contribution in [1.82, 2.24) is 5.32 Å². The standard InChI is InChI=1S/C15H23NO4S/c1-11-5-6-12(21(4,19)20)9-13(11)14(18)16-10-15(2,3)7-8-17/h5-6,9,17H,7-8,10H2,1-4H3,(H,16,18). The predicted octanol–water partition coefficient (Wildman–Crippen LogP) is 1.54. The van der Waals surface area contributed by atoms with Crippen LogP contribution in [-0.4, -0.2) is 38.8 Å². The minimum absolute atomic E-state index is 0.0610. The van der Waals surface area contributed by atoms with Gasteiger partial charge in [-0.05, 0) is 36.5 Å². The average Bonchev–Trinajstić information content (AvgIpc) is 2.35. The monoisotopic (exact) mass is 313 g/mol. The van der Waals surface area contributed by atoms with E-state index < -0.39 is 9.84 Å². The molecule has 0 unspecified atom stereocenters. The van der Waals surface area contributed by atoms with Crippen molar-refractivity contribution in [3.05, 3.63) is 29.3 Å². The molecule has 0 saturated carbocycles. The van der Waals surface area contributed by atoms with E-state index in [1.807, 2.05) is 13.8 Å². The number of aliphatic hydroxyl groups excluding tert-OH is 1. The third-order valence-corrected chi connectivity index (χ3v) is 4.51. The maximum Gasteiger partial charge on any atom is 0.251 e. The smallest absolute Gasteiger partial charge is 0.251 e. The van der Waals surface area contributed by atoms with E-state index >= 15 is 0 Å². The van der Waals surface area contributed by atoms with Crippen LogP contribution in [0.15, 0.2) is 23.1 Å². The van der Waals surface area contributed by atoms with E-state index in [9.17, 15) is 13.2 Å². The Morgan fingerprint density at radius 3 is 2.48 bits per heavy atom. The maximum absolute atomic E-state index is 12.2. The molecule has 0 fully saturated rings. The van der Waals surface area contributed by atoms with E-state index in [1.165, 1.54) is 12.1 Å². The van der Waals surface area contributed by atoms with Crippen molar-refractivity contribution < 1.29 is 18.3 Å². The van der Waals surface area contributed by atoms with Crippen LogP contribution in [-0.2, 0) is 9.84 Å². The van der Waals surface area contributed by atoms with Crippen LogP contribution >= 0.6 is 0 Å². The van der Waals surface area contributed by atoms with Crippen molar-refractivity contribution >= 4 is 15.7 Å². The molecule has 5 nitrogen and oxygen atoms in total. The Morgan fingerprint density at radius 1 is 1.33 bits per heavy atom. The zero-order valence-electron chi connectivity index (χ0n) is 12.9. The van der Waals surface area contributed by atoms with E-state index in [0.29, 0.717) is 18.5 Å². The summed E-state index contributed by atoms with van der Waals surface area (Å²) in [6.07, 6.45) is 1.69. The van der Waals surface area contributed by atoms with Crippen molar-refractivity contribution in [2.24, 2.45) is 5.41 Å². The highest BCUT2D eigenvalue weighted by Crippen LogP contribution is 2.19. The SMILES string of the molecule is Cc1ccc(S(C)(=O)=O)cc1C(=O)NCC(C)(C)CCO. The molecule has 1 aromatic carbocycles. The highest BCUT2D eigenvalue weighted by atomic mass is 32.2. The predicted molar refractivity (Wildman–Crippen MR) is 82.1 cm³/mol. The summed E-state index contributed by atoms with van der Waals surface area (Å²) in [7, 11) is -3.34. The zero-order chi connectivity index (χ0) is 16.3. The second-order valence-electron chi connectivity index (χ2n) is 6.07. The lowest BCUT2D eigenvalue weighted by atomic mass is 9.89. The Morgan fingerprint density at radius 2 is 1.95 bits per heavy atom. The van der Waals surface area contributed by atoms with Crippen molar-refractivity contribution in [3.8, 4) is 0 Å². The lowest BCUT2D eigenvalue weighted by Crippen LogP contribution is -2.34. The largest absolute Gasteiger partial charge is 0.396 e. The van der Waals surface area contributed by atoms with Crippen LogP contribution in [0.2, 0.25) is 0 Å². The first-order valence-corrected chi connectivity index (χ1v) is 8.66. The van der Waals surface area contributed by atoms with Crippen LogP contribution in [0.5, 0.6) is 0 Å². The van der Waals surface area contributed by atoms with Crippen LogP contribution in [0, 0.1) is 12.3 Å². The molecular formula is C15H23NO4S. The third kappa shape index (κ3) is 5.13. The van der Waals surface area contributed by atoms with Crippen molar-refractivity contribution in [1.29, 1.82) is 0 Å². The minimum atomic E-state index is -3.34. The number of aliphatic hydroxyl groups is 1. The number of hydrogen-bond acceptors (Lipinski definition) is 4. The van der Waals surface area contributed by atoms with Crippen LogP contribution < -0.4 is 5.32 Å². The fraction of sp³-hybridized carbons (Fsp3) is 0.533. The maximum atomic E-state index is 12.2.